The summed E-state index contributed by atoms with van der Waals surface area (Å²) in [5.74, 6) is -1.78. The third-order valence-corrected chi connectivity index (χ3v) is 1.81. The van der Waals surface area contributed by atoms with Gasteiger partial charge in [0.05, 0.1) is 5.69 Å². The van der Waals surface area contributed by atoms with Gasteiger partial charge in [0, 0.05) is 12.5 Å². The van der Waals surface area contributed by atoms with Gasteiger partial charge in [0.25, 0.3) is 0 Å². The van der Waals surface area contributed by atoms with Crippen molar-refractivity contribution >= 4 is 24.0 Å². The minimum absolute atomic E-state index is 0. The van der Waals surface area contributed by atoms with Gasteiger partial charge in [-0.1, -0.05) is 0 Å². The summed E-state index contributed by atoms with van der Waals surface area (Å²) in [6.45, 7) is 0.402. The summed E-state index contributed by atoms with van der Waals surface area (Å²) < 4.78 is 25.6. The smallest absolute Gasteiger partial charge is 0.224 e. The van der Waals surface area contributed by atoms with E-state index in [4.69, 9.17) is 5.73 Å². The maximum Gasteiger partial charge on any atom is 0.224 e. The molecule has 0 aliphatic carbocycles. The quantitative estimate of drug-likeness (QED) is 0.860. The van der Waals surface area contributed by atoms with Gasteiger partial charge in [-0.25, -0.2) is 8.78 Å². The van der Waals surface area contributed by atoms with Gasteiger partial charge in [-0.3, -0.25) is 4.79 Å². The second-order valence-corrected chi connectivity index (χ2v) is 3.06. The van der Waals surface area contributed by atoms with Crippen molar-refractivity contribution in [2.45, 2.75) is 12.8 Å². The fraction of sp³-hybridized carbons (Fsp3) is 0.300. The second-order valence-electron chi connectivity index (χ2n) is 3.06. The third-order valence-electron chi connectivity index (χ3n) is 1.81. The lowest BCUT2D eigenvalue weighted by atomic mass is 10.2. The Kier molecular flexibility index (Phi) is 6.60. The number of carbonyl (C=O) groups is 1. The number of rotatable bonds is 4. The number of benzene rings is 1. The number of hydrogen-bond acceptors (Lipinski definition) is 2. The fourth-order valence-electron chi connectivity index (χ4n) is 1.07. The van der Waals surface area contributed by atoms with Crippen molar-refractivity contribution in [2.75, 3.05) is 11.9 Å². The van der Waals surface area contributed by atoms with Crippen molar-refractivity contribution < 1.29 is 13.6 Å². The van der Waals surface area contributed by atoms with E-state index in [2.05, 4.69) is 5.32 Å². The molecule has 0 aliphatic heterocycles. The predicted molar refractivity (Wildman–Crippen MR) is 60.5 cm³/mol. The van der Waals surface area contributed by atoms with Crippen LogP contribution in [0.25, 0.3) is 0 Å². The average molecular weight is 251 g/mol. The van der Waals surface area contributed by atoms with Gasteiger partial charge in [0.1, 0.15) is 11.6 Å². The molecule has 3 N–H and O–H groups in total. The van der Waals surface area contributed by atoms with Crippen LogP contribution >= 0.6 is 12.4 Å². The van der Waals surface area contributed by atoms with Crippen LogP contribution in [-0.4, -0.2) is 12.5 Å². The van der Waals surface area contributed by atoms with Gasteiger partial charge in [0.2, 0.25) is 5.91 Å². The van der Waals surface area contributed by atoms with E-state index in [9.17, 15) is 13.6 Å². The Balaban J connectivity index is 0.00000225. The lowest BCUT2D eigenvalue weighted by molar-refractivity contribution is -0.116. The zero-order valence-corrected chi connectivity index (χ0v) is 9.32. The van der Waals surface area contributed by atoms with Crippen LogP contribution in [0.5, 0.6) is 0 Å². The molecular weight excluding hydrogens is 238 g/mol. The molecular formula is C10H13ClF2N2O. The molecule has 6 heteroatoms. The van der Waals surface area contributed by atoms with Crippen LogP contribution in [0.2, 0.25) is 0 Å². The summed E-state index contributed by atoms with van der Waals surface area (Å²) in [5, 5.41) is 2.34. The number of amides is 1. The molecule has 0 bridgehead atoms. The molecule has 1 amide bonds. The lowest BCUT2D eigenvalue weighted by Crippen LogP contribution is -2.14. The van der Waals surface area contributed by atoms with Gasteiger partial charge in [0.15, 0.2) is 0 Å². The highest BCUT2D eigenvalue weighted by molar-refractivity contribution is 5.90. The molecule has 0 atom stereocenters. The van der Waals surface area contributed by atoms with Gasteiger partial charge in [-0.2, -0.15) is 0 Å². The Labute approximate surface area is 98.4 Å². The van der Waals surface area contributed by atoms with Crippen LogP contribution < -0.4 is 11.1 Å². The van der Waals surface area contributed by atoms with Crippen molar-refractivity contribution in [1.29, 1.82) is 0 Å². The van der Waals surface area contributed by atoms with Gasteiger partial charge < -0.3 is 11.1 Å². The molecule has 1 rings (SSSR count). The highest BCUT2D eigenvalue weighted by atomic mass is 35.5. The zero-order valence-electron chi connectivity index (χ0n) is 8.50. The molecule has 0 fully saturated rings. The Morgan fingerprint density at radius 3 is 2.62 bits per heavy atom. The Morgan fingerprint density at radius 1 is 1.38 bits per heavy atom. The molecule has 0 aromatic heterocycles. The number of carbonyl (C=O) groups excluding carboxylic acids is 1. The maximum atomic E-state index is 13.1. The van der Waals surface area contributed by atoms with E-state index in [-0.39, 0.29) is 30.4 Å². The third kappa shape index (κ3) is 4.55. The normalized spacial score (nSPS) is 9.44. The van der Waals surface area contributed by atoms with E-state index in [0.29, 0.717) is 13.0 Å². The van der Waals surface area contributed by atoms with Crippen LogP contribution in [-0.2, 0) is 4.79 Å². The molecule has 1 aromatic rings. The second kappa shape index (κ2) is 7.14. The van der Waals surface area contributed by atoms with Crippen molar-refractivity contribution in [3.8, 4) is 0 Å². The van der Waals surface area contributed by atoms with Crippen LogP contribution in [0.4, 0.5) is 14.5 Å². The molecule has 90 valence electrons. The number of nitrogens with one attached hydrogen (secondary N) is 1. The first-order valence-corrected chi connectivity index (χ1v) is 4.58. The minimum Gasteiger partial charge on any atom is -0.330 e. The number of anilines is 1. The first-order chi connectivity index (χ1) is 7.13. The predicted octanol–water partition coefficient (Wildman–Crippen LogP) is 2.06. The van der Waals surface area contributed by atoms with Crippen molar-refractivity contribution in [1.82, 2.24) is 0 Å². The Morgan fingerprint density at radius 2 is 2.06 bits per heavy atom. The molecule has 0 heterocycles. The fourth-order valence-corrected chi connectivity index (χ4v) is 1.07. The van der Waals surface area contributed by atoms with Crippen molar-refractivity contribution in [2.24, 2.45) is 5.73 Å². The topological polar surface area (TPSA) is 55.1 Å². The summed E-state index contributed by atoms with van der Waals surface area (Å²) >= 11 is 0. The van der Waals surface area contributed by atoms with E-state index < -0.39 is 11.6 Å². The number of hydrogen-bond donors (Lipinski definition) is 2. The summed E-state index contributed by atoms with van der Waals surface area (Å²) in [6.07, 6.45) is 0.766. The molecule has 0 saturated carbocycles. The lowest BCUT2D eigenvalue weighted by Gasteiger charge is -2.05. The van der Waals surface area contributed by atoms with Crippen molar-refractivity contribution in [3.63, 3.8) is 0 Å². The first kappa shape index (κ1) is 14.8. The average Bonchev–Trinajstić information content (AvgIpc) is 2.19. The molecule has 1 aromatic carbocycles. The summed E-state index contributed by atoms with van der Waals surface area (Å²) in [4.78, 5) is 11.2. The molecule has 16 heavy (non-hydrogen) atoms. The molecule has 0 spiro atoms. The van der Waals surface area contributed by atoms with E-state index in [0.717, 1.165) is 12.1 Å². The van der Waals surface area contributed by atoms with Crippen LogP contribution in [0.1, 0.15) is 12.8 Å². The Bertz CT molecular complexity index is 361. The van der Waals surface area contributed by atoms with E-state index in [1.54, 1.807) is 0 Å². The SMILES string of the molecule is Cl.NCCCC(=O)Nc1ccc(F)cc1F. The van der Waals surface area contributed by atoms with E-state index in [1.807, 2.05) is 0 Å². The van der Waals surface area contributed by atoms with Crippen LogP contribution in [0.15, 0.2) is 18.2 Å². The zero-order chi connectivity index (χ0) is 11.3. The summed E-state index contributed by atoms with van der Waals surface area (Å²) in [7, 11) is 0. The van der Waals surface area contributed by atoms with Crippen LogP contribution in [0, 0.1) is 11.6 Å². The van der Waals surface area contributed by atoms with E-state index >= 15 is 0 Å². The maximum absolute atomic E-state index is 13.1. The summed E-state index contributed by atoms with van der Waals surface area (Å²) in [6, 6.07) is 2.99. The highest BCUT2D eigenvalue weighted by Crippen LogP contribution is 2.15. The minimum atomic E-state index is -0.781. The van der Waals surface area contributed by atoms with Crippen molar-refractivity contribution in [3.05, 3.63) is 29.8 Å². The molecule has 0 aliphatic rings. The largest absolute Gasteiger partial charge is 0.330 e. The number of halogens is 3. The molecule has 0 saturated heterocycles. The highest BCUT2D eigenvalue weighted by Gasteiger charge is 2.07. The first-order valence-electron chi connectivity index (χ1n) is 4.58. The van der Waals surface area contributed by atoms with E-state index in [1.165, 1.54) is 6.07 Å². The summed E-state index contributed by atoms with van der Waals surface area (Å²) in [5.41, 5.74) is 5.20. The monoisotopic (exact) mass is 250 g/mol. The molecule has 3 nitrogen and oxygen atoms in total. The molecule has 0 unspecified atom stereocenters. The Hall–Kier alpha value is -1.20. The van der Waals surface area contributed by atoms with Gasteiger partial charge >= 0.3 is 0 Å². The van der Waals surface area contributed by atoms with Crippen LogP contribution in [0.3, 0.4) is 0 Å². The standard InChI is InChI=1S/C10H12F2N2O.ClH/c11-7-3-4-9(8(12)6-7)14-10(15)2-1-5-13;/h3-4,6H,1-2,5,13H2,(H,14,15);1H. The van der Waals surface area contributed by atoms with Gasteiger partial charge in [-0.05, 0) is 25.1 Å². The number of nitrogens with two attached hydrogens (primary N) is 1. The van der Waals surface area contributed by atoms with Gasteiger partial charge in [-0.15, -0.1) is 12.4 Å². The molecule has 0 radical (unpaired) electrons.